The molecule has 0 aliphatic rings. The van der Waals surface area contributed by atoms with Crippen LogP contribution in [-0.2, 0) is 6.42 Å². The molecule has 0 aromatic carbocycles. The molecule has 3 nitrogen and oxygen atoms in total. The lowest BCUT2D eigenvalue weighted by Crippen LogP contribution is -1.85. The molecule has 0 saturated carbocycles. The summed E-state index contributed by atoms with van der Waals surface area (Å²) in [7, 11) is 0. The minimum Gasteiger partial charge on any atom is -0.507 e. The molecule has 1 aromatic heterocycles. The van der Waals surface area contributed by atoms with Gasteiger partial charge < -0.3 is 10.2 Å². The molecule has 0 fully saturated rings. The summed E-state index contributed by atoms with van der Waals surface area (Å²) in [5.74, 6) is -0.0812. The summed E-state index contributed by atoms with van der Waals surface area (Å²) in [6.07, 6.45) is 3.36. The molecule has 0 atom stereocenters. The van der Waals surface area contributed by atoms with Crippen molar-refractivity contribution in [3.63, 3.8) is 0 Å². The van der Waals surface area contributed by atoms with Crippen LogP contribution in [0.2, 0.25) is 0 Å². The summed E-state index contributed by atoms with van der Waals surface area (Å²) in [5.41, 5.74) is 0.419. The summed E-state index contributed by atoms with van der Waals surface area (Å²) in [6.45, 7) is 3.49. The van der Waals surface area contributed by atoms with Crippen molar-refractivity contribution < 1.29 is 10.2 Å². The van der Waals surface area contributed by atoms with Crippen LogP contribution in [0.4, 0.5) is 0 Å². The first-order chi connectivity index (χ1) is 5.25. The molecule has 2 N–H and O–H groups in total. The van der Waals surface area contributed by atoms with E-state index in [1.165, 1.54) is 12.3 Å². The van der Waals surface area contributed by atoms with E-state index in [1.807, 2.05) is 0 Å². The number of aromatic nitrogens is 1. The predicted molar refractivity (Wildman–Crippen MR) is 41.5 cm³/mol. The van der Waals surface area contributed by atoms with Crippen LogP contribution in [0, 0.1) is 0 Å². The first kappa shape index (κ1) is 7.60. The lowest BCUT2D eigenvalue weighted by molar-refractivity contribution is 0.425. The molecule has 1 rings (SSSR count). The van der Waals surface area contributed by atoms with Crippen LogP contribution in [0.5, 0.6) is 11.6 Å². The highest BCUT2D eigenvalue weighted by Crippen LogP contribution is 2.23. The third kappa shape index (κ3) is 1.49. The first-order valence-corrected chi connectivity index (χ1v) is 3.22. The van der Waals surface area contributed by atoms with Gasteiger partial charge in [0, 0.05) is 6.20 Å². The van der Waals surface area contributed by atoms with Crippen molar-refractivity contribution in [2.45, 2.75) is 6.42 Å². The smallest absolute Gasteiger partial charge is 0.218 e. The number of aromatic hydroxyl groups is 2. The predicted octanol–water partition coefficient (Wildman–Crippen LogP) is 1.22. The van der Waals surface area contributed by atoms with Gasteiger partial charge in [-0.15, -0.1) is 6.58 Å². The van der Waals surface area contributed by atoms with Gasteiger partial charge in [0.15, 0.2) is 0 Å². The lowest BCUT2D eigenvalue weighted by atomic mass is 10.2. The monoisotopic (exact) mass is 151 g/mol. The molecule has 0 bridgehead atoms. The van der Waals surface area contributed by atoms with E-state index >= 15 is 0 Å². The molecule has 58 valence electrons. The van der Waals surface area contributed by atoms with Crippen molar-refractivity contribution in [1.29, 1.82) is 0 Å². The van der Waals surface area contributed by atoms with Crippen LogP contribution in [-0.4, -0.2) is 15.2 Å². The average Bonchev–Trinajstić information content (AvgIpc) is 1.97. The fourth-order valence-electron chi connectivity index (χ4n) is 0.812. The maximum atomic E-state index is 9.17. The van der Waals surface area contributed by atoms with Crippen molar-refractivity contribution >= 4 is 0 Å². The van der Waals surface area contributed by atoms with Gasteiger partial charge in [0.1, 0.15) is 5.75 Å². The number of hydrogen-bond donors (Lipinski definition) is 2. The summed E-state index contributed by atoms with van der Waals surface area (Å²) < 4.78 is 0. The largest absolute Gasteiger partial charge is 0.507 e. The number of pyridine rings is 1. The second-order valence-electron chi connectivity index (χ2n) is 2.13. The highest BCUT2D eigenvalue weighted by atomic mass is 16.3. The molecule has 1 heterocycles. The van der Waals surface area contributed by atoms with Crippen molar-refractivity contribution in [1.82, 2.24) is 4.98 Å². The minimum atomic E-state index is -0.134. The van der Waals surface area contributed by atoms with E-state index in [4.69, 9.17) is 5.11 Å². The summed E-state index contributed by atoms with van der Waals surface area (Å²) in [4.78, 5) is 3.61. The number of hydrogen-bond acceptors (Lipinski definition) is 3. The fraction of sp³-hybridized carbons (Fsp3) is 0.125. The number of allylic oxidation sites excluding steroid dienone is 1. The second kappa shape index (κ2) is 3.05. The molecule has 0 aliphatic carbocycles. The van der Waals surface area contributed by atoms with Crippen molar-refractivity contribution in [2.24, 2.45) is 0 Å². The Morgan fingerprint density at radius 2 is 2.27 bits per heavy atom. The molecule has 0 aliphatic heterocycles. The number of rotatable bonds is 2. The molecular formula is C8H9NO2. The van der Waals surface area contributed by atoms with Crippen molar-refractivity contribution in [2.75, 3.05) is 0 Å². The Bertz CT molecular complexity index is 251. The Labute approximate surface area is 64.6 Å². The molecule has 0 saturated heterocycles. The van der Waals surface area contributed by atoms with Gasteiger partial charge in [0.2, 0.25) is 5.88 Å². The van der Waals surface area contributed by atoms with Gasteiger partial charge in [-0.25, -0.2) is 4.98 Å². The highest BCUT2D eigenvalue weighted by Gasteiger charge is 2.04. The molecule has 11 heavy (non-hydrogen) atoms. The van der Waals surface area contributed by atoms with Gasteiger partial charge in [0.05, 0.1) is 5.56 Å². The maximum absolute atomic E-state index is 9.17. The minimum absolute atomic E-state index is 0.0531. The first-order valence-electron chi connectivity index (χ1n) is 3.22. The van der Waals surface area contributed by atoms with Gasteiger partial charge in [-0.05, 0) is 12.5 Å². The standard InChI is InChI=1S/C8H9NO2/c1-2-3-6-7(10)4-5-9-8(6)11/h2,4-5H,1,3H2,(H2,9,10,11). The Kier molecular flexibility index (Phi) is 2.11. The van der Waals surface area contributed by atoms with Crippen LogP contribution in [0.15, 0.2) is 24.9 Å². The molecule has 0 amide bonds. The third-order valence-electron chi connectivity index (χ3n) is 1.36. The van der Waals surface area contributed by atoms with Crippen LogP contribution < -0.4 is 0 Å². The van der Waals surface area contributed by atoms with Gasteiger partial charge in [-0.2, -0.15) is 0 Å². The molecule has 0 spiro atoms. The summed E-state index contributed by atoms with van der Waals surface area (Å²) in [6, 6.07) is 1.43. The van der Waals surface area contributed by atoms with E-state index in [9.17, 15) is 5.11 Å². The van der Waals surface area contributed by atoms with Gasteiger partial charge in [0.25, 0.3) is 0 Å². The zero-order valence-corrected chi connectivity index (χ0v) is 5.99. The maximum Gasteiger partial charge on any atom is 0.218 e. The van der Waals surface area contributed by atoms with E-state index in [0.717, 1.165) is 0 Å². The summed E-state index contributed by atoms with van der Waals surface area (Å²) in [5, 5.41) is 18.3. The van der Waals surface area contributed by atoms with Crippen LogP contribution in [0.1, 0.15) is 5.56 Å². The van der Waals surface area contributed by atoms with Crippen molar-refractivity contribution in [3.05, 3.63) is 30.5 Å². The van der Waals surface area contributed by atoms with Gasteiger partial charge in [-0.1, -0.05) is 6.08 Å². The Morgan fingerprint density at radius 1 is 1.55 bits per heavy atom. The topological polar surface area (TPSA) is 53.4 Å². The Morgan fingerprint density at radius 3 is 2.82 bits per heavy atom. The molecule has 0 unspecified atom stereocenters. The van der Waals surface area contributed by atoms with E-state index in [2.05, 4.69) is 11.6 Å². The summed E-state index contributed by atoms with van der Waals surface area (Å²) >= 11 is 0. The molecule has 0 radical (unpaired) electrons. The highest BCUT2D eigenvalue weighted by molar-refractivity contribution is 5.38. The van der Waals surface area contributed by atoms with Crippen LogP contribution >= 0.6 is 0 Å². The van der Waals surface area contributed by atoms with E-state index in [-0.39, 0.29) is 11.6 Å². The van der Waals surface area contributed by atoms with E-state index in [1.54, 1.807) is 6.08 Å². The molecular weight excluding hydrogens is 142 g/mol. The van der Waals surface area contributed by atoms with Gasteiger partial charge >= 0.3 is 0 Å². The normalized spacial score (nSPS) is 9.45. The zero-order chi connectivity index (χ0) is 8.27. The average molecular weight is 151 g/mol. The van der Waals surface area contributed by atoms with Gasteiger partial charge in [-0.3, -0.25) is 0 Å². The van der Waals surface area contributed by atoms with E-state index in [0.29, 0.717) is 12.0 Å². The number of nitrogens with zero attached hydrogens (tertiary/aromatic N) is 1. The Hall–Kier alpha value is -1.51. The quantitative estimate of drug-likeness (QED) is 0.625. The van der Waals surface area contributed by atoms with Crippen LogP contribution in [0.3, 0.4) is 0 Å². The van der Waals surface area contributed by atoms with E-state index < -0.39 is 0 Å². The fourth-order valence-corrected chi connectivity index (χ4v) is 0.812. The molecule has 3 heteroatoms. The third-order valence-corrected chi connectivity index (χ3v) is 1.36. The Balaban J connectivity index is 3.09. The zero-order valence-electron chi connectivity index (χ0n) is 5.99. The van der Waals surface area contributed by atoms with Crippen LogP contribution in [0.25, 0.3) is 0 Å². The molecule has 1 aromatic rings. The lowest BCUT2D eigenvalue weighted by Gasteiger charge is -2.01. The van der Waals surface area contributed by atoms with Crippen molar-refractivity contribution in [3.8, 4) is 11.6 Å². The second-order valence-corrected chi connectivity index (χ2v) is 2.13. The SMILES string of the molecule is C=CCc1c(O)ccnc1O.